The molecule has 2 heterocycles. The first-order chi connectivity index (χ1) is 9.75. The van der Waals surface area contributed by atoms with Crippen molar-refractivity contribution in [3.05, 3.63) is 27.9 Å². The third kappa shape index (κ3) is 2.24. The molecule has 1 aliphatic rings. The van der Waals surface area contributed by atoms with Gasteiger partial charge in [-0.3, -0.25) is 9.36 Å². The summed E-state index contributed by atoms with van der Waals surface area (Å²) in [5.41, 5.74) is 0.827. The Kier molecular flexibility index (Phi) is 3.29. The molecule has 0 radical (unpaired) electrons. The van der Waals surface area contributed by atoms with Gasteiger partial charge in [-0.25, -0.2) is 0 Å². The lowest BCUT2D eigenvalue weighted by molar-refractivity contribution is 0.00578. The molecule has 0 amide bonds. The molecule has 0 atom stereocenters. The van der Waals surface area contributed by atoms with Gasteiger partial charge in [-0.2, -0.15) is 0 Å². The van der Waals surface area contributed by atoms with Crippen molar-refractivity contribution in [2.75, 3.05) is 0 Å². The molecule has 1 saturated heterocycles. The molecule has 0 saturated carbocycles. The van der Waals surface area contributed by atoms with Crippen molar-refractivity contribution in [1.82, 2.24) is 4.57 Å². The molecular weight excluding hydrogens is 289 g/mol. The van der Waals surface area contributed by atoms with E-state index in [1.807, 2.05) is 45.9 Å². The molecule has 1 aromatic carbocycles. The maximum absolute atomic E-state index is 11.8. The Labute approximate surface area is 127 Å². The molecule has 1 fully saturated rings. The molecule has 0 bridgehead atoms. The lowest BCUT2D eigenvalue weighted by Gasteiger charge is -2.32. The van der Waals surface area contributed by atoms with Crippen LogP contribution in [0.5, 0.6) is 0 Å². The molecule has 0 aliphatic carbocycles. The van der Waals surface area contributed by atoms with Crippen LogP contribution in [0.25, 0.3) is 10.2 Å². The summed E-state index contributed by atoms with van der Waals surface area (Å²) in [6, 6.07) is 5.60. The molecule has 1 aromatic heterocycles. The first kappa shape index (κ1) is 14.8. The summed E-state index contributed by atoms with van der Waals surface area (Å²) in [7, 11) is -0.445. The number of benzene rings is 1. The van der Waals surface area contributed by atoms with Crippen molar-refractivity contribution in [2.45, 2.75) is 45.6 Å². The molecule has 1 aliphatic heterocycles. The first-order valence-corrected chi connectivity index (χ1v) is 7.66. The minimum atomic E-state index is -0.445. The van der Waals surface area contributed by atoms with E-state index in [1.54, 1.807) is 0 Å². The summed E-state index contributed by atoms with van der Waals surface area (Å²) in [5, 5.41) is 9.24. The highest BCUT2D eigenvalue weighted by Crippen LogP contribution is 2.36. The number of aliphatic hydroxyl groups excluding tert-OH is 1. The van der Waals surface area contributed by atoms with Gasteiger partial charge in [-0.1, -0.05) is 17.4 Å². The molecule has 3 rings (SSSR count). The quantitative estimate of drug-likeness (QED) is 0.850. The summed E-state index contributed by atoms with van der Waals surface area (Å²) >= 11 is 1.11. The van der Waals surface area contributed by atoms with Crippen LogP contribution in [0.15, 0.2) is 23.0 Å². The number of rotatable bonds is 2. The van der Waals surface area contributed by atoms with E-state index in [2.05, 4.69) is 0 Å². The Hall–Kier alpha value is -1.15. The van der Waals surface area contributed by atoms with Crippen molar-refractivity contribution in [1.29, 1.82) is 0 Å². The van der Waals surface area contributed by atoms with Gasteiger partial charge in [0, 0.05) is 0 Å². The summed E-state index contributed by atoms with van der Waals surface area (Å²) in [6.07, 6.45) is 0. The fourth-order valence-corrected chi connectivity index (χ4v) is 3.27. The van der Waals surface area contributed by atoms with Crippen molar-refractivity contribution in [3.8, 4) is 0 Å². The van der Waals surface area contributed by atoms with Crippen molar-refractivity contribution in [2.24, 2.45) is 0 Å². The fourth-order valence-electron chi connectivity index (χ4n) is 2.34. The summed E-state index contributed by atoms with van der Waals surface area (Å²) in [4.78, 5) is 11.6. The first-order valence-electron chi connectivity index (χ1n) is 6.85. The molecule has 7 heteroatoms. The highest BCUT2D eigenvalue weighted by atomic mass is 32.1. The number of aromatic nitrogens is 1. The number of nitrogens with zero attached hydrogens (tertiary/aromatic N) is 1. The van der Waals surface area contributed by atoms with E-state index in [-0.39, 0.29) is 11.6 Å². The van der Waals surface area contributed by atoms with Gasteiger partial charge < -0.3 is 14.4 Å². The van der Waals surface area contributed by atoms with Crippen LogP contribution in [0, 0.1) is 0 Å². The third-order valence-corrected chi connectivity index (χ3v) is 5.30. The van der Waals surface area contributed by atoms with Crippen LogP contribution in [0.3, 0.4) is 0 Å². The minimum absolute atomic E-state index is 0.168. The topological polar surface area (TPSA) is 60.7 Å². The van der Waals surface area contributed by atoms with Crippen LogP contribution in [-0.2, 0) is 16.0 Å². The predicted octanol–water partition coefficient (Wildman–Crippen LogP) is 1.31. The molecule has 21 heavy (non-hydrogen) atoms. The van der Waals surface area contributed by atoms with E-state index in [0.717, 1.165) is 27.0 Å². The van der Waals surface area contributed by atoms with Gasteiger partial charge in [0.2, 0.25) is 0 Å². The molecule has 5 nitrogen and oxygen atoms in total. The Bertz CT molecular complexity index is 733. The molecule has 0 spiro atoms. The summed E-state index contributed by atoms with van der Waals surface area (Å²) in [5.74, 6) is 0. The summed E-state index contributed by atoms with van der Waals surface area (Å²) in [6.45, 7) is 7.71. The van der Waals surface area contributed by atoms with Crippen LogP contribution in [0.4, 0.5) is 0 Å². The van der Waals surface area contributed by atoms with E-state index >= 15 is 0 Å². The number of fused-ring (bicyclic) bond motifs is 1. The third-order valence-electron chi connectivity index (χ3n) is 4.36. The van der Waals surface area contributed by atoms with Crippen LogP contribution in [-0.4, -0.2) is 28.0 Å². The second-order valence-electron chi connectivity index (χ2n) is 6.25. The smallest absolute Gasteiger partial charge is 0.399 e. The monoisotopic (exact) mass is 307 g/mol. The summed E-state index contributed by atoms with van der Waals surface area (Å²) < 4.78 is 14.2. The molecule has 112 valence electrons. The molecular formula is C14H18BNO4S. The second kappa shape index (κ2) is 4.68. The van der Waals surface area contributed by atoms with Gasteiger partial charge in [0.15, 0.2) is 0 Å². The average Bonchev–Trinajstić information content (AvgIpc) is 2.81. The average molecular weight is 307 g/mol. The normalized spacial score (nSPS) is 20.3. The zero-order valence-corrected chi connectivity index (χ0v) is 13.4. The standard InChI is InChI=1S/C14H18BNO4S/c1-13(2)14(3,4)20-15(19-13)9-5-6-10-11(7-9)21-12(18)16(10)8-17/h5-7,17H,8H2,1-4H3. The van der Waals surface area contributed by atoms with Crippen molar-refractivity contribution in [3.63, 3.8) is 0 Å². The number of thiazole rings is 1. The van der Waals surface area contributed by atoms with Crippen LogP contribution in [0.2, 0.25) is 0 Å². The maximum Gasteiger partial charge on any atom is 0.494 e. The van der Waals surface area contributed by atoms with Gasteiger partial charge in [0.25, 0.3) is 0 Å². The van der Waals surface area contributed by atoms with Crippen LogP contribution >= 0.6 is 11.3 Å². The Morgan fingerprint density at radius 3 is 2.43 bits per heavy atom. The SMILES string of the molecule is CC1(C)OB(c2ccc3c(c2)sc(=O)n3CO)OC1(C)C. The highest BCUT2D eigenvalue weighted by Gasteiger charge is 2.51. The Morgan fingerprint density at radius 2 is 1.86 bits per heavy atom. The highest BCUT2D eigenvalue weighted by molar-refractivity contribution is 7.16. The van der Waals surface area contributed by atoms with Gasteiger partial charge in [0.1, 0.15) is 6.73 Å². The van der Waals surface area contributed by atoms with Crippen LogP contribution < -0.4 is 10.3 Å². The van der Waals surface area contributed by atoms with E-state index in [0.29, 0.717) is 0 Å². The van der Waals surface area contributed by atoms with Crippen molar-refractivity contribution >= 4 is 34.1 Å². The zero-order chi connectivity index (χ0) is 15.4. The molecule has 1 N–H and O–H groups in total. The molecule has 2 aromatic rings. The largest absolute Gasteiger partial charge is 0.494 e. The number of aliphatic hydroxyl groups is 1. The van der Waals surface area contributed by atoms with Gasteiger partial charge in [-0.05, 0) is 45.3 Å². The van der Waals surface area contributed by atoms with Crippen molar-refractivity contribution < 1.29 is 14.4 Å². The van der Waals surface area contributed by atoms with E-state index < -0.39 is 18.3 Å². The van der Waals surface area contributed by atoms with Gasteiger partial charge >= 0.3 is 12.0 Å². The Balaban J connectivity index is 2.02. The fraction of sp³-hybridized carbons (Fsp3) is 0.500. The van der Waals surface area contributed by atoms with E-state index in [9.17, 15) is 9.90 Å². The number of hydrogen-bond acceptors (Lipinski definition) is 5. The molecule has 0 unspecified atom stereocenters. The second-order valence-corrected chi connectivity index (χ2v) is 7.25. The minimum Gasteiger partial charge on any atom is -0.399 e. The zero-order valence-electron chi connectivity index (χ0n) is 12.5. The number of hydrogen-bond donors (Lipinski definition) is 1. The van der Waals surface area contributed by atoms with Gasteiger partial charge in [0.05, 0.1) is 21.4 Å². The lowest BCUT2D eigenvalue weighted by atomic mass is 9.79. The maximum atomic E-state index is 11.8. The lowest BCUT2D eigenvalue weighted by Crippen LogP contribution is -2.41. The van der Waals surface area contributed by atoms with E-state index in [1.165, 1.54) is 4.57 Å². The van der Waals surface area contributed by atoms with Gasteiger partial charge in [-0.15, -0.1) is 0 Å². The van der Waals surface area contributed by atoms with E-state index in [4.69, 9.17) is 9.31 Å². The van der Waals surface area contributed by atoms with Crippen LogP contribution in [0.1, 0.15) is 27.7 Å². The predicted molar refractivity (Wildman–Crippen MR) is 84.0 cm³/mol. The Morgan fingerprint density at radius 1 is 1.24 bits per heavy atom.